The Bertz CT molecular complexity index is 664. The quantitative estimate of drug-likeness (QED) is 0.832. The van der Waals surface area contributed by atoms with Crippen LogP contribution < -0.4 is 5.32 Å². The Hall–Kier alpha value is -2.63. The Morgan fingerprint density at radius 1 is 1.32 bits per heavy atom. The molecular formula is C16H19N3O3. The molecule has 0 bridgehead atoms. The summed E-state index contributed by atoms with van der Waals surface area (Å²) in [5, 5.41) is 6.98. The van der Waals surface area contributed by atoms with Crippen molar-refractivity contribution in [1.29, 1.82) is 0 Å². The van der Waals surface area contributed by atoms with Gasteiger partial charge in [0.05, 0.1) is 31.1 Å². The molecule has 6 nitrogen and oxygen atoms in total. The van der Waals surface area contributed by atoms with Gasteiger partial charge in [0.15, 0.2) is 0 Å². The van der Waals surface area contributed by atoms with Crippen LogP contribution in [-0.2, 0) is 16.1 Å². The van der Waals surface area contributed by atoms with E-state index < -0.39 is 0 Å². The van der Waals surface area contributed by atoms with Gasteiger partial charge in [-0.1, -0.05) is 25.1 Å². The lowest BCUT2D eigenvalue weighted by atomic mass is 10.1. The third-order valence-electron chi connectivity index (χ3n) is 3.15. The minimum atomic E-state index is -0.376. The first-order valence-electron chi connectivity index (χ1n) is 7.12. The molecule has 0 aliphatic carbocycles. The minimum Gasteiger partial charge on any atom is -0.465 e. The van der Waals surface area contributed by atoms with E-state index in [0.717, 1.165) is 12.0 Å². The number of aromatic nitrogens is 2. The molecule has 1 aromatic carbocycles. The molecule has 22 heavy (non-hydrogen) atoms. The second kappa shape index (κ2) is 7.40. The fourth-order valence-corrected chi connectivity index (χ4v) is 2.11. The molecule has 0 unspecified atom stereocenters. The Morgan fingerprint density at radius 3 is 2.82 bits per heavy atom. The van der Waals surface area contributed by atoms with Gasteiger partial charge in [0.1, 0.15) is 0 Å². The summed E-state index contributed by atoms with van der Waals surface area (Å²) >= 11 is 0. The highest BCUT2D eigenvalue weighted by atomic mass is 16.5. The first-order valence-corrected chi connectivity index (χ1v) is 7.12. The summed E-state index contributed by atoms with van der Waals surface area (Å²) in [6, 6.07) is 7.21. The number of ether oxygens (including phenoxy) is 1. The molecule has 1 heterocycles. The van der Waals surface area contributed by atoms with Crippen molar-refractivity contribution in [1.82, 2.24) is 9.78 Å². The van der Waals surface area contributed by atoms with Gasteiger partial charge in [-0.25, -0.2) is 4.79 Å². The fraction of sp³-hybridized carbons (Fsp3) is 0.312. The summed E-state index contributed by atoms with van der Waals surface area (Å²) in [4.78, 5) is 23.3. The van der Waals surface area contributed by atoms with Gasteiger partial charge in [-0.3, -0.25) is 9.48 Å². The van der Waals surface area contributed by atoms with E-state index in [2.05, 4.69) is 10.4 Å². The van der Waals surface area contributed by atoms with Gasteiger partial charge in [0.2, 0.25) is 5.91 Å². The van der Waals surface area contributed by atoms with Crippen molar-refractivity contribution in [3.8, 4) is 0 Å². The smallest absolute Gasteiger partial charge is 0.338 e. The van der Waals surface area contributed by atoms with Crippen LogP contribution in [-0.4, -0.2) is 28.8 Å². The van der Waals surface area contributed by atoms with Crippen LogP contribution in [0.5, 0.6) is 0 Å². The predicted octanol–water partition coefficient (Wildman–Crippen LogP) is 2.46. The van der Waals surface area contributed by atoms with Gasteiger partial charge in [-0.2, -0.15) is 5.10 Å². The zero-order valence-corrected chi connectivity index (χ0v) is 12.7. The van der Waals surface area contributed by atoms with Crippen LogP contribution in [0.3, 0.4) is 0 Å². The van der Waals surface area contributed by atoms with Gasteiger partial charge in [-0.15, -0.1) is 0 Å². The summed E-state index contributed by atoms with van der Waals surface area (Å²) in [6.45, 7) is 2.38. The number of rotatable bonds is 6. The van der Waals surface area contributed by atoms with Crippen molar-refractivity contribution >= 4 is 17.6 Å². The first kappa shape index (κ1) is 15.8. The molecule has 0 saturated heterocycles. The number of carbonyl (C=O) groups excluding carboxylic acids is 2. The third kappa shape index (κ3) is 3.94. The summed E-state index contributed by atoms with van der Waals surface area (Å²) in [6.07, 6.45) is 4.61. The van der Waals surface area contributed by atoms with Crippen molar-refractivity contribution in [2.45, 2.75) is 26.3 Å². The van der Waals surface area contributed by atoms with E-state index in [0.29, 0.717) is 24.2 Å². The van der Waals surface area contributed by atoms with E-state index >= 15 is 0 Å². The minimum absolute atomic E-state index is 0.0305. The number of methoxy groups -OCH3 is 1. The highest BCUT2D eigenvalue weighted by Gasteiger charge is 2.12. The van der Waals surface area contributed by atoms with Crippen LogP contribution in [0.2, 0.25) is 0 Å². The van der Waals surface area contributed by atoms with Crippen molar-refractivity contribution in [2.24, 2.45) is 0 Å². The number of esters is 1. The normalized spacial score (nSPS) is 10.3. The second-order valence-corrected chi connectivity index (χ2v) is 4.87. The molecule has 0 saturated carbocycles. The Labute approximate surface area is 129 Å². The first-order chi connectivity index (χ1) is 10.6. The monoisotopic (exact) mass is 301 g/mol. The Balaban J connectivity index is 2.10. The largest absolute Gasteiger partial charge is 0.465 e. The molecule has 0 atom stereocenters. The number of amides is 1. The number of benzene rings is 1. The molecule has 0 radical (unpaired) electrons. The van der Waals surface area contributed by atoms with Crippen molar-refractivity contribution in [3.63, 3.8) is 0 Å². The topological polar surface area (TPSA) is 73.2 Å². The van der Waals surface area contributed by atoms with E-state index in [-0.39, 0.29) is 11.9 Å². The average molecular weight is 301 g/mol. The lowest BCUT2D eigenvalue weighted by molar-refractivity contribution is -0.116. The standard InChI is InChI=1S/C16H19N3O3/c1-3-6-15(20)18-13-9-17-19(11-13)10-12-7-4-5-8-14(12)16(21)22-2/h4-5,7-9,11H,3,6,10H2,1-2H3,(H,18,20). The SMILES string of the molecule is CCCC(=O)Nc1cnn(Cc2ccccc2C(=O)OC)c1. The van der Waals surface area contributed by atoms with E-state index in [1.807, 2.05) is 19.1 Å². The maximum Gasteiger partial charge on any atom is 0.338 e. The van der Waals surface area contributed by atoms with E-state index in [1.165, 1.54) is 7.11 Å². The number of anilines is 1. The lowest BCUT2D eigenvalue weighted by Crippen LogP contribution is -2.10. The van der Waals surface area contributed by atoms with Crippen molar-refractivity contribution < 1.29 is 14.3 Å². The molecule has 2 rings (SSSR count). The highest BCUT2D eigenvalue weighted by Crippen LogP contribution is 2.13. The molecule has 0 aliphatic heterocycles. The zero-order valence-electron chi connectivity index (χ0n) is 12.7. The molecular weight excluding hydrogens is 282 g/mol. The molecule has 1 N–H and O–H groups in total. The molecule has 6 heteroatoms. The second-order valence-electron chi connectivity index (χ2n) is 4.87. The maximum absolute atomic E-state index is 11.7. The van der Waals surface area contributed by atoms with Crippen LogP contribution in [0, 0.1) is 0 Å². The highest BCUT2D eigenvalue weighted by molar-refractivity contribution is 5.91. The lowest BCUT2D eigenvalue weighted by Gasteiger charge is -2.07. The van der Waals surface area contributed by atoms with E-state index in [9.17, 15) is 9.59 Å². The predicted molar refractivity (Wildman–Crippen MR) is 82.6 cm³/mol. The number of hydrogen-bond acceptors (Lipinski definition) is 4. The summed E-state index contributed by atoms with van der Waals surface area (Å²) < 4.78 is 6.44. The fourth-order valence-electron chi connectivity index (χ4n) is 2.11. The molecule has 1 amide bonds. The van der Waals surface area contributed by atoms with Gasteiger partial charge in [0.25, 0.3) is 0 Å². The number of nitrogens with zero attached hydrogens (tertiary/aromatic N) is 2. The van der Waals surface area contributed by atoms with E-state index in [4.69, 9.17) is 4.74 Å². The van der Waals surface area contributed by atoms with Crippen LogP contribution >= 0.6 is 0 Å². The van der Waals surface area contributed by atoms with Crippen LogP contribution in [0.4, 0.5) is 5.69 Å². The van der Waals surface area contributed by atoms with Crippen LogP contribution in [0.25, 0.3) is 0 Å². The van der Waals surface area contributed by atoms with Gasteiger partial charge in [-0.05, 0) is 18.1 Å². The maximum atomic E-state index is 11.7. The summed E-state index contributed by atoms with van der Waals surface area (Å²) in [5.74, 6) is -0.406. The number of carbonyl (C=O) groups is 2. The average Bonchev–Trinajstić information content (AvgIpc) is 2.94. The molecule has 0 spiro atoms. The van der Waals surface area contributed by atoms with E-state index in [1.54, 1.807) is 29.2 Å². The van der Waals surface area contributed by atoms with Crippen molar-refractivity contribution in [3.05, 3.63) is 47.8 Å². The molecule has 0 fully saturated rings. The molecule has 1 aromatic heterocycles. The molecule has 116 valence electrons. The molecule has 0 aliphatic rings. The summed E-state index contributed by atoms with van der Waals surface area (Å²) in [5.41, 5.74) is 1.97. The van der Waals surface area contributed by atoms with Crippen molar-refractivity contribution in [2.75, 3.05) is 12.4 Å². The van der Waals surface area contributed by atoms with Crippen LogP contribution in [0.1, 0.15) is 35.7 Å². The van der Waals surface area contributed by atoms with Gasteiger partial charge >= 0.3 is 5.97 Å². The number of nitrogens with one attached hydrogen (secondary N) is 1. The summed E-state index contributed by atoms with van der Waals surface area (Å²) in [7, 11) is 1.36. The Kier molecular flexibility index (Phi) is 5.30. The number of hydrogen-bond donors (Lipinski definition) is 1. The Morgan fingerprint density at radius 2 is 2.09 bits per heavy atom. The zero-order chi connectivity index (χ0) is 15.9. The van der Waals surface area contributed by atoms with Gasteiger partial charge < -0.3 is 10.1 Å². The third-order valence-corrected chi connectivity index (χ3v) is 3.15. The molecule has 2 aromatic rings. The van der Waals surface area contributed by atoms with Gasteiger partial charge in [0, 0.05) is 12.6 Å². The van der Waals surface area contributed by atoms with Crippen LogP contribution in [0.15, 0.2) is 36.7 Å².